The van der Waals surface area contributed by atoms with Crippen LogP contribution in [-0.2, 0) is 4.79 Å². The van der Waals surface area contributed by atoms with Crippen molar-refractivity contribution in [3.05, 3.63) is 101 Å². The van der Waals surface area contributed by atoms with Gasteiger partial charge in [0.1, 0.15) is 5.25 Å². The highest BCUT2D eigenvalue weighted by molar-refractivity contribution is 8.00. The zero-order chi connectivity index (χ0) is 22.3. The molecule has 1 N–H and O–H groups in total. The largest absolute Gasteiger partial charge is 0.301 e. The van der Waals surface area contributed by atoms with E-state index in [-0.39, 0.29) is 11.2 Å². The Hall–Kier alpha value is -2.89. The maximum Gasteiger partial charge on any atom is 0.244 e. The lowest BCUT2D eigenvalue weighted by Crippen LogP contribution is -2.18. The van der Waals surface area contributed by atoms with Crippen LogP contribution in [0.4, 0.5) is 5.13 Å². The van der Waals surface area contributed by atoms with Gasteiger partial charge < -0.3 is 5.32 Å². The molecule has 0 aliphatic carbocycles. The highest BCUT2D eigenvalue weighted by Crippen LogP contribution is 2.36. The average molecular weight is 459 g/mol. The van der Waals surface area contributed by atoms with Crippen LogP contribution in [0.3, 0.4) is 0 Å². The molecule has 162 valence electrons. The lowest BCUT2D eigenvalue weighted by atomic mass is 9.97. The van der Waals surface area contributed by atoms with Crippen LogP contribution in [-0.4, -0.2) is 10.9 Å². The van der Waals surface area contributed by atoms with E-state index in [1.54, 1.807) is 11.8 Å². The summed E-state index contributed by atoms with van der Waals surface area (Å²) in [6.07, 6.45) is 1.12. The van der Waals surface area contributed by atoms with Crippen molar-refractivity contribution in [2.75, 3.05) is 5.32 Å². The fraction of sp³-hybridized carbons (Fsp3) is 0.185. The van der Waals surface area contributed by atoms with Gasteiger partial charge in [-0.25, -0.2) is 4.98 Å². The van der Waals surface area contributed by atoms with Gasteiger partial charge in [0.15, 0.2) is 5.13 Å². The molecule has 3 nitrogen and oxygen atoms in total. The molecule has 4 rings (SSSR count). The monoisotopic (exact) mass is 458 g/mol. The summed E-state index contributed by atoms with van der Waals surface area (Å²) in [4.78, 5) is 19.0. The number of aromatic nitrogens is 1. The van der Waals surface area contributed by atoms with E-state index in [1.165, 1.54) is 16.9 Å². The van der Waals surface area contributed by atoms with Crippen LogP contribution in [0.15, 0.2) is 95.2 Å². The standard InChI is InChI=1S/C27H26N2OS2/c1-3-19(2)20-14-16-21(17-15-20)24-18-31-27(28-24)29-26(30)25(22-10-6-4-7-11-22)32-23-12-8-5-9-13-23/h4-19,25H,3H2,1-2H3,(H,28,29,30). The number of hydrogen-bond donors (Lipinski definition) is 1. The number of benzene rings is 3. The first-order valence-corrected chi connectivity index (χ1v) is 12.5. The number of carbonyl (C=O) groups is 1. The third kappa shape index (κ3) is 5.47. The third-order valence-electron chi connectivity index (χ3n) is 5.46. The number of hydrogen-bond acceptors (Lipinski definition) is 4. The minimum absolute atomic E-state index is 0.0712. The summed E-state index contributed by atoms with van der Waals surface area (Å²) in [6.45, 7) is 4.44. The minimum Gasteiger partial charge on any atom is -0.301 e. The van der Waals surface area contributed by atoms with E-state index >= 15 is 0 Å². The summed E-state index contributed by atoms with van der Waals surface area (Å²) >= 11 is 3.00. The molecule has 1 heterocycles. The SMILES string of the molecule is CCC(C)c1ccc(-c2csc(NC(=O)C(Sc3ccccc3)c3ccccc3)n2)cc1. The summed E-state index contributed by atoms with van der Waals surface area (Å²) in [5.41, 5.74) is 4.25. The Morgan fingerprint density at radius 2 is 1.59 bits per heavy atom. The van der Waals surface area contributed by atoms with Crippen LogP contribution in [0, 0.1) is 0 Å². The maximum atomic E-state index is 13.3. The van der Waals surface area contributed by atoms with Gasteiger partial charge in [-0.2, -0.15) is 0 Å². The fourth-order valence-corrected chi connectivity index (χ4v) is 5.16. The molecule has 2 atom stereocenters. The molecule has 1 aromatic heterocycles. The Labute approximate surface area is 197 Å². The normalized spacial score (nSPS) is 12.8. The zero-order valence-corrected chi connectivity index (χ0v) is 19.8. The van der Waals surface area contributed by atoms with Gasteiger partial charge in [0.05, 0.1) is 5.69 Å². The van der Waals surface area contributed by atoms with Gasteiger partial charge in [-0.1, -0.05) is 86.6 Å². The van der Waals surface area contributed by atoms with Gasteiger partial charge in [-0.3, -0.25) is 4.79 Å². The Morgan fingerprint density at radius 3 is 2.25 bits per heavy atom. The Morgan fingerprint density at radius 1 is 0.938 bits per heavy atom. The molecule has 5 heteroatoms. The van der Waals surface area contributed by atoms with Crippen LogP contribution >= 0.6 is 23.1 Å². The first kappa shape index (κ1) is 22.3. The highest BCUT2D eigenvalue weighted by atomic mass is 32.2. The molecule has 4 aromatic rings. The van der Waals surface area contributed by atoms with Crippen molar-refractivity contribution >= 4 is 34.1 Å². The zero-order valence-electron chi connectivity index (χ0n) is 18.2. The number of nitrogens with one attached hydrogen (secondary N) is 1. The van der Waals surface area contributed by atoms with Crippen LogP contribution < -0.4 is 5.32 Å². The highest BCUT2D eigenvalue weighted by Gasteiger charge is 2.23. The van der Waals surface area contributed by atoms with Crippen LogP contribution in [0.2, 0.25) is 0 Å². The van der Waals surface area contributed by atoms with Gasteiger partial charge in [-0.15, -0.1) is 23.1 Å². The van der Waals surface area contributed by atoms with Gasteiger partial charge in [-0.05, 0) is 35.6 Å². The molecule has 0 aliphatic rings. The third-order valence-corrected chi connectivity index (χ3v) is 7.48. The number of amides is 1. The molecule has 0 fully saturated rings. The summed E-state index contributed by atoms with van der Waals surface area (Å²) in [5.74, 6) is 0.476. The van der Waals surface area contributed by atoms with Crippen molar-refractivity contribution in [2.24, 2.45) is 0 Å². The van der Waals surface area contributed by atoms with E-state index in [4.69, 9.17) is 0 Å². The van der Waals surface area contributed by atoms with Crippen molar-refractivity contribution in [3.63, 3.8) is 0 Å². The number of rotatable bonds is 8. The summed E-state index contributed by atoms with van der Waals surface area (Å²) < 4.78 is 0. The number of nitrogens with zero attached hydrogens (tertiary/aromatic N) is 1. The van der Waals surface area contributed by atoms with Crippen molar-refractivity contribution in [1.82, 2.24) is 4.98 Å². The molecule has 0 saturated carbocycles. The predicted octanol–water partition coefficient (Wildman–Crippen LogP) is 7.80. The topological polar surface area (TPSA) is 42.0 Å². The van der Waals surface area contributed by atoms with Crippen LogP contribution in [0.1, 0.15) is 42.6 Å². The van der Waals surface area contributed by atoms with E-state index in [0.717, 1.165) is 28.1 Å². The Balaban J connectivity index is 1.51. The molecule has 32 heavy (non-hydrogen) atoms. The van der Waals surface area contributed by atoms with E-state index in [9.17, 15) is 4.79 Å². The second kappa shape index (κ2) is 10.6. The molecule has 0 spiro atoms. The number of carbonyl (C=O) groups excluding carboxylic acids is 1. The van der Waals surface area contributed by atoms with Gasteiger partial charge in [0.2, 0.25) is 5.91 Å². The molecule has 0 saturated heterocycles. The molecule has 0 aliphatic heterocycles. The van der Waals surface area contributed by atoms with E-state index in [2.05, 4.69) is 48.4 Å². The maximum absolute atomic E-state index is 13.3. The average Bonchev–Trinajstić information content (AvgIpc) is 3.31. The van der Waals surface area contributed by atoms with Gasteiger partial charge in [0.25, 0.3) is 0 Å². The van der Waals surface area contributed by atoms with Crippen LogP contribution in [0.25, 0.3) is 11.3 Å². The van der Waals surface area contributed by atoms with E-state index in [0.29, 0.717) is 11.0 Å². The Bertz CT molecular complexity index is 1140. The fourth-order valence-electron chi connectivity index (χ4n) is 3.39. The van der Waals surface area contributed by atoms with Crippen molar-refractivity contribution in [3.8, 4) is 11.3 Å². The number of thioether (sulfide) groups is 1. The van der Waals surface area contributed by atoms with Gasteiger partial charge in [0, 0.05) is 15.8 Å². The first-order chi connectivity index (χ1) is 15.6. The molecule has 3 aromatic carbocycles. The van der Waals surface area contributed by atoms with E-state index < -0.39 is 0 Å². The summed E-state index contributed by atoms with van der Waals surface area (Å²) in [7, 11) is 0. The molecule has 0 bridgehead atoms. The smallest absolute Gasteiger partial charge is 0.244 e. The van der Waals surface area contributed by atoms with E-state index in [1.807, 2.05) is 66.0 Å². The lowest BCUT2D eigenvalue weighted by molar-refractivity contribution is -0.115. The predicted molar refractivity (Wildman–Crippen MR) is 136 cm³/mol. The number of thiazole rings is 1. The Kier molecular flexibility index (Phi) is 7.40. The van der Waals surface area contributed by atoms with Crippen molar-refractivity contribution in [2.45, 2.75) is 36.3 Å². The van der Waals surface area contributed by atoms with Crippen LogP contribution in [0.5, 0.6) is 0 Å². The molecule has 2 unspecified atom stereocenters. The summed E-state index contributed by atoms with van der Waals surface area (Å²) in [6, 6.07) is 28.4. The number of anilines is 1. The molecular formula is C27H26N2OS2. The molecular weight excluding hydrogens is 432 g/mol. The first-order valence-electron chi connectivity index (χ1n) is 10.8. The molecule has 1 amide bonds. The second-order valence-electron chi connectivity index (χ2n) is 7.68. The van der Waals surface area contributed by atoms with Gasteiger partial charge >= 0.3 is 0 Å². The minimum atomic E-state index is -0.360. The molecule has 0 radical (unpaired) electrons. The summed E-state index contributed by atoms with van der Waals surface area (Å²) in [5, 5.41) is 5.29. The second-order valence-corrected chi connectivity index (χ2v) is 9.72. The van der Waals surface area contributed by atoms with Crippen molar-refractivity contribution in [1.29, 1.82) is 0 Å². The quantitative estimate of drug-likeness (QED) is 0.274. The van der Waals surface area contributed by atoms with Crippen molar-refractivity contribution < 1.29 is 4.79 Å². The lowest BCUT2D eigenvalue weighted by Gasteiger charge is -2.16.